The Kier molecular flexibility index (Phi) is 7.95. The van der Waals surface area contributed by atoms with Crippen LogP contribution >= 0.6 is 0 Å². The number of fused-ring (bicyclic) bond motifs is 1. The molecule has 2 heterocycles. The molecule has 37 heavy (non-hydrogen) atoms. The molecule has 10 heteroatoms. The van der Waals surface area contributed by atoms with E-state index in [1.807, 2.05) is 30.0 Å². The maximum Gasteiger partial charge on any atom is 0.416 e. The molecule has 0 saturated heterocycles. The number of aryl methyl sites for hydroxylation is 1. The van der Waals surface area contributed by atoms with E-state index in [1.165, 1.54) is 12.1 Å². The van der Waals surface area contributed by atoms with Crippen LogP contribution in [0.2, 0.25) is 0 Å². The lowest BCUT2D eigenvalue weighted by Crippen LogP contribution is -2.27. The summed E-state index contributed by atoms with van der Waals surface area (Å²) < 4.78 is 44.7. The third kappa shape index (κ3) is 6.78. The standard InChI is InChI=1S/C27H27F3N4O3/c1-2-18-14-32-26(33-15-18)34(17-19-4-6-21(7-5-19)27(28,29)30)10-3-11-37-22-8-9-24-23(13-22)20(16-31-24)12-25(35)36/h4-9,13-16,31H,2-3,10-12,17H2,1H3,(H,35,36). The number of rotatable bonds is 11. The number of anilines is 1. The Morgan fingerprint density at radius 2 is 1.81 bits per heavy atom. The number of carbonyl (C=O) groups is 1. The highest BCUT2D eigenvalue weighted by Gasteiger charge is 2.30. The molecule has 2 N–H and O–H groups in total. The van der Waals surface area contributed by atoms with E-state index in [0.717, 1.165) is 35.0 Å². The first-order valence-electron chi connectivity index (χ1n) is 11.9. The second-order valence-electron chi connectivity index (χ2n) is 8.65. The van der Waals surface area contributed by atoms with Crippen LogP contribution in [0.5, 0.6) is 5.75 Å². The maximum absolute atomic E-state index is 12.9. The Balaban J connectivity index is 1.42. The van der Waals surface area contributed by atoms with Gasteiger partial charge in [-0.05, 0) is 59.9 Å². The van der Waals surface area contributed by atoms with Crippen molar-refractivity contribution >= 4 is 22.8 Å². The number of nitrogens with one attached hydrogen (secondary N) is 1. The summed E-state index contributed by atoms with van der Waals surface area (Å²) in [4.78, 5) is 25.0. The third-order valence-electron chi connectivity index (χ3n) is 5.96. The number of hydrogen-bond donors (Lipinski definition) is 2. The minimum atomic E-state index is -4.38. The van der Waals surface area contributed by atoms with Gasteiger partial charge in [0.1, 0.15) is 5.75 Å². The van der Waals surface area contributed by atoms with Crippen molar-refractivity contribution in [1.29, 1.82) is 0 Å². The van der Waals surface area contributed by atoms with E-state index in [9.17, 15) is 18.0 Å². The molecule has 4 rings (SSSR count). The molecule has 4 aromatic rings. The van der Waals surface area contributed by atoms with E-state index < -0.39 is 17.7 Å². The maximum atomic E-state index is 12.9. The summed E-state index contributed by atoms with van der Waals surface area (Å²) in [6.07, 6.45) is 2.12. The number of nitrogens with zero attached hydrogens (tertiary/aromatic N) is 3. The van der Waals surface area contributed by atoms with Crippen LogP contribution in [0, 0.1) is 0 Å². The molecule has 0 spiro atoms. The van der Waals surface area contributed by atoms with Crippen molar-refractivity contribution in [2.24, 2.45) is 0 Å². The normalized spacial score (nSPS) is 11.6. The van der Waals surface area contributed by atoms with E-state index in [1.54, 1.807) is 18.6 Å². The van der Waals surface area contributed by atoms with Crippen LogP contribution in [0.4, 0.5) is 19.1 Å². The molecule has 7 nitrogen and oxygen atoms in total. The fourth-order valence-corrected chi connectivity index (χ4v) is 3.97. The average molecular weight is 513 g/mol. The monoisotopic (exact) mass is 512 g/mol. The summed E-state index contributed by atoms with van der Waals surface area (Å²) >= 11 is 0. The van der Waals surface area contributed by atoms with Gasteiger partial charge >= 0.3 is 12.1 Å². The second kappa shape index (κ2) is 11.3. The topological polar surface area (TPSA) is 91.3 Å². The molecule has 0 radical (unpaired) electrons. The lowest BCUT2D eigenvalue weighted by Gasteiger charge is -2.23. The van der Waals surface area contributed by atoms with Gasteiger partial charge in [-0.15, -0.1) is 0 Å². The average Bonchev–Trinajstić information content (AvgIpc) is 3.27. The zero-order valence-corrected chi connectivity index (χ0v) is 20.3. The van der Waals surface area contributed by atoms with Gasteiger partial charge in [-0.1, -0.05) is 19.1 Å². The first-order chi connectivity index (χ1) is 17.7. The van der Waals surface area contributed by atoms with Gasteiger partial charge in [0.05, 0.1) is 18.6 Å². The van der Waals surface area contributed by atoms with Gasteiger partial charge in [0.2, 0.25) is 5.95 Å². The van der Waals surface area contributed by atoms with Crippen molar-refractivity contribution in [3.8, 4) is 5.75 Å². The zero-order chi connectivity index (χ0) is 26.4. The lowest BCUT2D eigenvalue weighted by molar-refractivity contribution is -0.138. The van der Waals surface area contributed by atoms with E-state index in [2.05, 4.69) is 15.0 Å². The summed E-state index contributed by atoms with van der Waals surface area (Å²) in [7, 11) is 0. The van der Waals surface area contributed by atoms with Crippen molar-refractivity contribution in [2.75, 3.05) is 18.1 Å². The van der Waals surface area contributed by atoms with E-state index in [-0.39, 0.29) is 6.42 Å². The Morgan fingerprint density at radius 3 is 2.46 bits per heavy atom. The molecular formula is C27H27F3N4O3. The molecule has 0 aliphatic heterocycles. The molecule has 0 unspecified atom stereocenters. The number of hydrogen-bond acceptors (Lipinski definition) is 5. The number of H-pyrrole nitrogens is 1. The van der Waals surface area contributed by atoms with Crippen LogP contribution < -0.4 is 9.64 Å². The lowest BCUT2D eigenvalue weighted by atomic mass is 10.1. The van der Waals surface area contributed by atoms with Crippen LogP contribution in [-0.2, 0) is 30.4 Å². The minimum absolute atomic E-state index is 0.0841. The quantitative estimate of drug-likeness (QED) is 0.253. The van der Waals surface area contributed by atoms with E-state index >= 15 is 0 Å². The second-order valence-corrected chi connectivity index (χ2v) is 8.65. The van der Waals surface area contributed by atoms with Gasteiger partial charge in [0.25, 0.3) is 0 Å². The number of aromatic nitrogens is 3. The number of benzene rings is 2. The van der Waals surface area contributed by atoms with Gasteiger partial charge < -0.3 is 19.7 Å². The first-order valence-corrected chi connectivity index (χ1v) is 11.9. The van der Waals surface area contributed by atoms with Crippen LogP contribution in [0.25, 0.3) is 10.9 Å². The number of carboxylic acid groups (broad SMARTS) is 1. The third-order valence-corrected chi connectivity index (χ3v) is 5.96. The van der Waals surface area contributed by atoms with Crippen molar-refractivity contribution in [1.82, 2.24) is 15.0 Å². The number of carboxylic acids is 1. The Hall–Kier alpha value is -4.08. The number of ether oxygens (including phenoxy) is 1. The molecule has 2 aromatic carbocycles. The summed E-state index contributed by atoms with van der Waals surface area (Å²) in [5.74, 6) is 0.204. The summed E-state index contributed by atoms with van der Waals surface area (Å²) in [6.45, 7) is 3.24. The molecular weight excluding hydrogens is 485 g/mol. The van der Waals surface area contributed by atoms with E-state index in [0.29, 0.717) is 48.9 Å². The van der Waals surface area contributed by atoms with Crippen molar-refractivity contribution in [3.05, 3.63) is 83.3 Å². The minimum Gasteiger partial charge on any atom is -0.494 e. The number of aliphatic carboxylic acids is 1. The fraction of sp³-hybridized carbons (Fsp3) is 0.296. The smallest absolute Gasteiger partial charge is 0.416 e. The largest absolute Gasteiger partial charge is 0.494 e. The van der Waals surface area contributed by atoms with Crippen molar-refractivity contribution in [3.63, 3.8) is 0 Å². The fourth-order valence-electron chi connectivity index (χ4n) is 3.97. The first kappa shape index (κ1) is 26.0. The van der Waals surface area contributed by atoms with Crippen LogP contribution in [0.15, 0.2) is 61.1 Å². The SMILES string of the molecule is CCc1cnc(N(CCCOc2ccc3[nH]cc(CC(=O)O)c3c2)Cc2ccc(C(F)(F)F)cc2)nc1. The number of halogens is 3. The highest BCUT2D eigenvalue weighted by Crippen LogP contribution is 2.29. The number of aromatic amines is 1. The molecule has 0 atom stereocenters. The molecule has 194 valence electrons. The van der Waals surface area contributed by atoms with Crippen molar-refractivity contribution < 1.29 is 27.8 Å². The van der Waals surface area contributed by atoms with Gasteiger partial charge in [0, 0.05) is 42.6 Å². The molecule has 0 aliphatic carbocycles. The highest BCUT2D eigenvalue weighted by molar-refractivity contribution is 5.88. The molecule has 2 aromatic heterocycles. The molecule has 0 amide bonds. The van der Waals surface area contributed by atoms with Gasteiger partial charge in [-0.3, -0.25) is 4.79 Å². The van der Waals surface area contributed by atoms with Crippen molar-refractivity contribution in [2.45, 2.75) is 38.9 Å². The van der Waals surface area contributed by atoms with Crippen LogP contribution in [0.1, 0.15) is 35.6 Å². The van der Waals surface area contributed by atoms with Gasteiger partial charge in [-0.25, -0.2) is 9.97 Å². The van der Waals surface area contributed by atoms with Gasteiger partial charge in [0.15, 0.2) is 0 Å². The molecule has 0 saturated carbocycles. The predicted octanol–water partition coefficient (Wildman–Crippen LogP) is 5.64. The Morgan fingerprint density at radius 1 is 1.08 bits per heavy atom. The highest BCUT2D eigenvalue weighted by atomic mass is 19.4. The summed E-state index contributed by atoms with van der Waals surface area (Å²) in [5.41, 5.74) is 2.53. The van der Waals surface area contributed by atoms with E-state index in [4.69, 9.17) is 9.84 Å². The van der Waals surface area contributed by atoms with Crippen LogP contribution in [0.3, 0.4) is 0 Å². The Labute approximate surface area is 211 Å². The summed E-state index contributed by atoms with van der Waals surface area (Å²) in [6, 6.07) is 10.6. The molecule has 0 bridgehead atoms. The molecule has 0 aliphatic rings. The van der Waals surface area contributed by atoms with Gasteiger partial charge in [-0.2, -0.15) is 13.2 Å². The predicted molar refractivity (Wildman–Crippen MR) is 134 cm³/mol. The summed E-state index contributed by atoms with van der Waals surface area (Å²) in [5, 5.41) is 9.91. The number of alkyl halides is 3. The molecule has 0 fully saturated rings. The Bertz CT molecular complexity index is 1340. The zero-order valence-electron chi connectivity index (χ0n) is 20.3. The van der Waals surface area contributed by atoms with Crippen LogP contribution in [-0.4, -0.2) is 39.2 Å².